The standard InChI is InChI=1S/C14H12F2N2O4/c1-7-5-12(22-18-7)14(20)21-8(2)13(19)17-11-6-9(15)3-4-10(11)16/h3-6,8H,1-2H3,(H,17,19)/t8-/m1/s1. The van der Waals surface area contributed by atoms with Gasteiger partial charge in [-0.05, 0) is 26.0 Å². The van der Waals surface area contributed by atoms with Gasteiger partial charge in [-0.25, -0.2) is 13.6 Å². The summed E-state index contributed by atoms with van der Waals surface area (Å²) in [5.74, 6) is -3.37. The van der Waals surface area contributed by atoms with Gasteiger partial charge in [-0.3, -0.25) is 4.79 Å². The zero-order valence-electron chi connectivity index (χ0n) is 11.7. The molecule has 6 nitrogen and oxygen atoms in total. The number of aromatic nitrogens is 1. The van der Waals surface area contributed by atoms with Gasteiger partial charge in [0.15, 0.2) is 6.10 Å². The van der Waals surface area contributed by atoms with Crippen molar-refractivity contribution in [3.05, 3.63) is 47.4 Å². The number of carbonyl (C=O) groups is 2. The predicted octanol–water partition coefficient (Wildman–Crippen LogP) is 2.45. The van der Waals surface area contributed by atoms with Crippen LogP contribution in [-0.2, 0) is 9.53 Å². The number of carbonyl (C=O) groups excluding carboxylic acids is 2. The molecule has 1 N–H and O–H groups in total. The molecule has 0 unspecified atom stereocenters. The Balaban J connectivity index is 2.00. The van der Waals surface area contributed by atoms with Gasteiger partial charge in [-0.1, -0.05) is 5.16 Å². The SMILES string of the molecule is Cc1cc(C(=O)O[C@H](C)C(=O)Nc2cc(F)ccc2F)on1. The number of halogens is 2. The normalized spacial score (nSPS) is 11.8. The Morgan fingerprint density at radius 2 is 2.05 bits per heavy atom. The molecule has 8 heteroatoms. The number of hydrogen-bond acceptors (Lipinski definition) is 5. The van der Waals surface area contributed by atoms with E-state index >= 15 is 0 Å². The second kappa shape index (κ2) is 6.33. The molecule has 0 aliphatic rings. The van der Waals surface area contributed by atoms with E-state index in [2.05, 4.69) is 10.5 Å². The molecule has 0 fully saturated rings. The fourth-order valence-corrected chi connectivity index (χ4v) is 1.56. The van der Waals surface area contributed by atoms with Gasteiger partial charge in [0.1, 0.15) is 11.6 Å². The molecule has 0 saturated carbocycles. The maximum atomic E-state index is 13.4. The molecule has 0 aliphatic carbocycles. The van der Waals surface area contributed by atoms with Gasteiger partial charge in [0.2, 0.25) is 5.76 Å². The number of anilines is 1. The smallest absolute Gasteiger partial charge is 0.377 e. The number of nitrogens with zero attached hydrogens (tertiary/aromatic N) is 1. The average molecular weight is 310 g/mol. The molecule has 1 amide bonds. The molecule has 0 saturated heterocycles. The molecular weight excluding hydrogens is 298 g/mol. The van der Waals surface area contributed by atoms with Crippen LogP contribution in [0.25, 0.3) is 0 Å². The first kappa shape index (κ1) is 15.6. The quantitative estimate of drug-likeness (QED) is 0.877. The molecule has 1 aromatic carbocycles. The van der Waals surface area contributed by atoms with Gasteiger partial charge in [0, 0.05) is 12.1 Å². The van der Waals surface area contributed by atoms with E-state index in [4.69, 9.17) is 9.26 Å². The Labute approximate surface area is 124 Å². The van der Waals surface area contributed by atoms with Crippen LogP contribution in [0.1, 0.15) is 23.2 Å². The molecule has 116 valence electrons. The minimum atomic E-state index is -1.24. The van der Waals surface area contributed by atoms with E-state index in [1.165, 1.54) is 13.0 Å². The van der Waals surface area contributed by atoms with Crippen molar-refractivity contribution in [1.29, 1.82) is 0 Å². The van der Waals surface area contributed by atoms with Gasteiger partial charge in [-0.15, -0.1) is 0 Å². The fraction of sp³-hybridized carbons (Fsp3) is 0.214. The summed E-state index contributed by atoms with van der Waals surface area (Å²) in [7, 11) is 0. The lowest BCUT2D eigenvalue weighted by molar-refractivity contribution is -0.123. The van der Waals surface area contributed by atoms with Gasteiger partial charge in [-0.2, -0.15) is 0 Å². The van der Waals surface area contributed by atoms with Crippen molar-refractivity contribution < 1.29 is 27.6 Å². The van der Waals surface area contributed by atoms with Crippen LogP contribution < -0.4 is 5.32 Å². The van der Waals surface area contributed by atoms with E-state index in [-0.39, 0.29) is 11.4 Å². The summed E-state index contributed by atoms with van der Waals surface area (Å²) in [5.41, 5.74) is 0.134. The second-order valence-electron chi connectivity index (χ2n) is 4.49. The van der Waals surface area contributed by atoms with Crippen LogP contribution in [-0.4, -0.2) is 23.1 Å². The molecule has 0 radical (unpaired) electrons. The first-order chi connectivity index (χ1) is 10.4. The maximum absolute atomic E-state index is 13.4. The molecule has 1 heterocycles. The van der Waals surface area contributed by atoms with E-state index in [0.29, 0.717) is 5.69 Å². The summed E-state index contributed by atoms with van der Waals surface area (Å²) < 4.78 is 36.0. The van der Waals surface area contributed by atoms with Crippen molar-refractivity contribution in [2.45, 2.75) is 20.0 Å². The van der Waals surface area contributed by atoms with Crippen LogP contribution in [0.5, 0.6) is 0 Å². The molecule has 1 atom stereocenters. The molecule has 2 aromatic rings. The Bertz CT molecular complexity index is 715. The lowest BCUT2D eigenvalue weighted by Gasteiger charge is -2.13. The first-order valence-electron chi connectivity index (χ1n) is 6.27. The zero-order valence-corrected chi connectivity index (χ0v) is 11.7. The Morgan fingerprint density at radius 3 is 2.68 bits per heavy atom. The van der Waals surface area contributed by atoms with Crippen molar-refractivity contribution in [3.63, 3.8) is 0 Å². The van der Waals surface area contributed by atoms with E-state index in [1.54, 1.807) is 6.92 Å². The highest BCUT2D eigenvalue weighted by Gasteiger charge is 2.22. The van der Waals surface area contributed by atoms with Crippen molar-refractivity contribution in [1.82, 2.24) is 5.16 Å². The van der Waals surface area contributed by atoms with Gasteiger partial charge in [0.25, 0.3) is 5.91 Å². The van der Waals surface area contributed by atoms with Crippen LogP contribution in [0.4, 0.5) is 14.5 Å². The van der Waals surface area contributed by atoms with Crippen LogP contribution in [0, 0.1) is 18.6 Å². The van der Waals surface area contributed by atoms with Crippen molar-refractivity contribution in [2.24, 2.45) is 0 Å². The highest BCUT2D eigenvalue weighted by Crippen LogP contribution is 2.16. The third-order valence-corrected chi connectivity index (χ3v) is 2.67. The van der Waals surface area contributed by atoms with Gasteiger partial charge >= 0.3 is 5.97 Å². The summed E-state index contributed by atoms with van der Waals surface area (Å²) in [6.07, 6.45) is -1.24. The molecule has 0 aliphatic heterocycles. The highest BCUT2D eigenvalue weighted by atomic mass is 19.1. The molecule has 0 bridgehead atoms. The number of hydrogen-bond donors (Lipinski definition) is 1. The van der Waals surface area contributed by atoms with Crippen LogP contribution >= 0.6 is 0 Å². The lowest BCUT2D eigenvalue weighted by Crippen LogP contribution is -2.30. The molecular formula is C14H12F2N2O4. The second-order valence-corrected chi connectivity index (χ2v) is 4.49. The molecule has 1 aromatic heterocycles. The lowest BCUT2D eigenvalue weighted by atomic mass is 10.2. The Morgan fingerprint density at radius 1 is 1.32 bits per heavy atom. The number of ether oxygens (including phenoxy) is 1. The van der Waals surface area contributed by atoms with Crippen LogP contribution in [0.2, 0.25) is 0 Å². The number of amides is 1. The van der Waals surface area contributed by atoms with Gasteiger partial charge < -0.3 is 14.6 Å². The van der Waals surface area contributed by atoms with E-state index < -0.39 is 29.6 Å². The van der Waals surface area contributed by atoms with Gasteiger partial charge in [0.05, 0.1) is 11.4 Å². The minimum absolute atomic E-state index is 0.158. The zero-order chi connectivity index (χ0) is 16.3. The third-order valence-electron chi connectivity index (χ3n) is 2.67. The largest absolute Gasteiger partial charge is 0.447 e. The molecule has 0 spiro atoms. The topological polar surface area (TPSA) is 81.4 Å². The number of esters is 1. The summed E-state index contributed by atoms with van der Waals surface area (Å²) in [6.45, 7) is 2.90. The van der Waals surface area contributed by atoms with Crippen molar-refractivity contribution >= 4 is 17.6 Å². The van der Waals surface area contributed by atoms with Crippen LogP contribution in [0.3, 0.4) is 0 Å². The van der Waals surface area contributed by atoms with E-state index in [0.717, 1.165) is 18.2 Å². The summed E-state index contributed by atoms with van der Waals surface area (Å²) in [4.78, 5) is 23.5. The Kier molecular flexibility index (Phi) is 4.50. The number of aryl methyl sites for hydroxylation is 1. The number of nitrogens with one attached hydrogen (secondary N) is 1. The van der Waals surface area contributed by atoms with E-state index in [1.807, 2.05) is 0 Å². The molecule has 22 heavy (non-hydrogen) atoms. The Hall–Kier alpha value is -2.77. The minimum Gasteiger partial charge on any atom is -0.447 e. The number of benzene rings is 1. The summed E-state index contributed by atoms with van der Waals surface area (Å²) >= 11 is 0. The third kappa shape index (κ3) is 3.66. The average Bonchev–Trinajstić information content (AvgIpc) is 2.89. The highest BCUT2D eigenvalue weighted by molar-refractivity contribution is 5.96. The van der Waals surface area contributed by atoms with Crippen molar-refractivity contribution in [2.75, 3.05) is 5.32 Å². The maximum Gasteiger partial charge on any atom is 0.377 e. The fourth-order valence-electron chi connectivity index (χ4n) is 1.56. The summed E-state index contributed by atoms with van der Waals surface area (Å²) in [6, 6.07) is 3.96. The predicted molar refractivity (Wildman–Crippen MR) is 71.1 cm³/mol. The van der Waals surface area contributed by atoms with E-state index in [9.17, 15) is 18.4 Å². The first-order valence-corrected chi connectivity index (χ1v) is 6.27. The van der Waals surface area contributed by atoms with Crippen molar-refractivity contribution in [3.8, 4) is 0 Å². The number of rotatable bonds is 4. The molecule has 2 rings (SSSR count). The van der Waals surface area contributed by atoms with Crippen LogP contribution in [0.15, 0.2) is 28.8 Å². The summed E-state index contributed by atoms with van der Waals surface area (Å²) in [5, 5.41) is 5.65. The monoisotopic (exact) mass is 310 g/mol.